The number of halogens is 1. The van der Waals surface area contributed by atoms with Crippen LogP contribution >= 0.6 is 11.6 Å². The Morgan fingerprint density at radius 3 is 2.80 bits per heavy atom. The van der Waals surface area contributed by atoms with Gasteiger partial charge in [-0.15, -0.1) is 0 Å². The van der Waals surface area contributed by atoms with Crippen LogP contribution in [0.5, 0.6) is 0 Å². The molecule has 0 bridgehead atoms. The zero-order valence-electron chi connectivity index (χ0n) is 13.5. The molecule has 0 aliphatic heterocycles. The Hall–Kier alpha value is -3.17. The molecule has 4 rings (SSSR count). The van der Waals surface area contributed by atoms with E-state index in [1.165, 1.54) is 0 Å². The van der Waals surface area contributed by atoms with E-state index < -0.39 is 0 Å². The first kappa shape index (κ1) is 15.4. The third-order valence-electron chi connectivity index (χ3n) is 4.26. The van der Waals surface area contributed by atoms with Gasteiger partial charge in [0.2, 0.25) is 0 Å². The maximum Gasteiger partial charge on any atom is 0.283 e. The predicted molar refractivity (Wildman–Crippen MR) is 96.1 cm³/mol. The number of imidazole rings is 1. The maximum absolute atomic E-state index is 13.1. The minimum atomic E-state index is -0.250. The van der Waals surface area contributed by atoms with Gasteiger partial charge in [-0.25, -0.2) is 4.98 Å². The van der Waals surface area contributed by atoms with Gasteiger partial charge < -0.3 is 4.57 Å². The molecule has 0 saturated heterocycles. The van der Waals surface area contributed by atoms with Crippen molar-refractivity contribution in [2.45, 2.75) is 6.92 Å². The molecule has 3 heterocycles. The molecule has 122 valence electrons. The lowest BCUT2D eigenvalue weighted by Crippen LogP contribution is -2.21. The van der Waals surface area contributed by atoms with Crippen LogP contribution in [0, 0.1) is 18.3 Å². The number of benzene rings is 1. The molecule has 0 amide bonds. The minimum Gasteiger partial charge on any atom is -0.333 e. The van der Waals surface area contributed by atoms with Gasteiger partial charge >= 0.3 is 0 Å². The fourth-order valence-corrected chi connectivity index (χ4v) is 3.29. The van der Waals surface area contributed by atoms with E-state index in [-0.39, 0.29) is 5.56 Å². The summed E-state index contributed by atoms with van der Waals surface area (Å²) in [4.78, 5) is 21.7. The number of hydrogen-bond donors (Lipinski definition) is 0. The van der Waals surface area contributed by atoms with E-state index in [9.17, 15) is 10.1 Å². The van der Waals surface area contributed by atoms with Crippen LogP contribution in [0.1, 0.15) is 11.3 Å². The third-order valence-corrected chi connectivity index (χ3v) is 4.58. The zero-order valence-corrected chi connectivity index (χ0v) is 14.2. The van der Waals surface area contributed by atoms with Gasteiger partial charge in [0.25, 0.3) is 5.56 Å². The van der Waals surface area contributed by atoms with Crippen LogP contribution in [0.3, 0.4) is 0 Å². The van der Waals surface area contributed by atoms with Gasteiger partial charge in [0.15, 0.2) is 5.52 Å². The van der Waals surface area contributed by atoms with Gasteiger partial charge in [-0.05, 0) is 31.2 Å². The first-order valence-corrected chi connectivity index (χ1v) is 7.92. The minimum absolute atomic E-state index is 0.250. The Morgan fingerprint density at radius 2 is 2.08 bits per heavy atom. The van der Waals surface area contributed by atoms with Crippen molar-refractivity contribution in [3.63, 3.8) is 0 Å². The lowest BCUT2D eigenvalue weighted by molar-refractivity contribution is 0.950. The first-order chi connectivity index (χ1) is 12.0. The smallest absolute Gasteiger partial charge is 0.283 e. The summed E-state index contributed by atoms with van der Waals surface area (Å²) in [5, 5.41) is 10.4. The highest BCUT2D eigenvalue weighted by atomic mass is 35.5. The largest absolute Gasteiger partial charge is 0.333 e. The SMILES string of the molecule is Cc1ncccc1-n1c(=O)c2ncn(C)c2c2cc(C#N)c(Cl)cc21. The molecule has 4 aromatic rings. The quantitative estimate of drug-likeness (QED) is 0.529. The van der Waals surface area contributed by atoms with Crippen molar-refractivity contribution < 1.29 is 0 Å². The van der Waals surface area contributed by atoms with Crippen LogP contribution in [0.25, 0.3) is 27.6 Å². The molecule has 0 spiro atoms. The van der Waals surface area contributed by atoms with E-state index in [4.69, 9.17) is 11.6 Å². The summed E-state index contributed by atoms with van der Waals surface area (Å²) < 4.78 is 3.33. The molecule has 0 atom stereocenters. The second kappa shape index (κ2) is 5.43. The Labute approximate surface area is 147 Å². The molecule has 0 N–H and O–H groups in total. The van der Waals surface area contributed by atoms with Crippen LogP contribution < -0.4 is 5.56 Å². The predicted octanol–water partition coefficient (Wildman–Crippen LogP) is 3.11. The van der Waals surface area contributed by atoms with Gasteiger partial charge in [0, 0.05) is 18.6 Å². The van der Waals surface area contributed by atoms with Crippen LogP contribution in [0.4, 0.5) is 0 Å². The van der Waals surface area contributed by atoms with E-state index in [1.54, 1.807) is 39.9 Å². The first-order valence-electron chi connectivity index (χ1n) is 7.54. The molecule has 25 heavy (non-hydrogen) atoms. The second-order valence-corrected chi connectivity index (χ2v) is 6.17. The van der Waals surface area contributed by atoms with Crippen molar-refractivity contribution >= 4 is 33.5 Å². The molecule has 0 aliphatic rings. The van der Waals surface area contributed by atoms with E-state index in [2.05, 4.69) is 16.0 Å². The van der Waals surface area contributed by atoms with Crippen molar-refractivity contribution in [1.82, 2.24) is 19.1 Å². The van der Waals surface area contributed by atoms with Crippen molar-refractivity contribution in [2.24, 2.45) is 7.05 Å². The van der Waals surface area contributed by atoms with E-state index in [0.29, 0.717) is 38.5 Å². The highest BCUT2D eigenvalue weighted by molar-refractivity contribution is 6.32. The number of hydrogen-bond acceptors (Lipinski definition) is 4. The van der Waals surface area contributed by atoms with E-state index >= 15 is 0 Å². The maximum atomic E-state index is 13.1. The Kier molecular flexibility index (Phi) is 3.34. The second-order valence-electron chi connectivity index (χ2n) is 5.76. The Balaban J connectivity index is 2.32. The average Bonchev–Trinajstić information content (AvgIpc) is 2.98. The lowest BCUT2D eigenvalue weighted by Gasteiger charge is -2.14. The summed E-state index contributed by atoms with van der Waals surface area (Å²) in [5.74, 6) is 0. The van der Waals surface area contributed by atoms with Crippen molar-refractivity contribution in [3.8, 4) is 11.8 Å². The van der Waals surface area contributed by atoms with Gasteiger partial charge in [-0.3, -0.25) is 14.3 Å². The summed E-state index contributed by atoms with van der Waals surface area (Å²) in [6, 6.07) is 9.03. The molecular formula is C18H12ClN5O. The van der Waals surface area contributed by atoms with Gasteiger partial charge in [0.05, 0.1) is 39.3 Å². The third kappa shape index (κ3) is 2.13. The van der Waals surface area contributed by atoms with Crippen molar-refractivity contribution in [2.75, 3.05) is 0 Å². The zero-order chi connectivity index (χ0) is 17.7. The Bertz CT molecular complexity index is 1260. The van der Waals surface area contributed by atoms with Gasteiger partial charge in [-0.2, -0.15) is 5.26 Å². The molecule has 1 aromatic carbocycles. The van der Waals surface area contributed by atoms with Crippen LogP contribution in [0.15, 0.2) is 41.6 Å². The number of fused-ring (bicyclic) bond motifs is 3. The Morgan fingerprint density at radius 1 is 1.28 bits per heavy atom. The number of rotatable bonds is 1. The topological polar surface area (TPSA) is 76.5 Å². The lowest BCUT2D eigenvalue weighted by atomic mass is 10.1. The molecule has 7 heteroatoms. The highest BCUT2D eigenvalue weighted by Crippen LogP contribution is 2.29. The molecule has 6 nitrogen and oxygen atoms in total. The van der Waals surface area contributed by atoms with Crippen LogP contribution in [-0.4, -0.2) is 19.1 Å². The van der Waals surface area contributed by atoms with Crippen LogP contribution in [0.2, 0.25) is 5.02 Å². The standard InChI is InChI=1S/C18H12ClN5O/c1-10-14(4-3-5-21-10)24-15-7-13(19)11(8-20)6-12(15)17-16(18(24)25)22-9-23(17)2/h3-7,9H,1-2H3. The number of nitrogens with zero attached hydrogens (tertiary/aromatic N) is 5. The van der Waals surface area contributed by atoms with Crippen molar-refractivity contribution in [1.29, 1.82) is 5.26 Å². The molecular weight excluding hydrogens is 338 g/mol. The summed E-state index contributed by atoms with van der Waals surface area (Å²) >= 11 is 6.24. The fourth-order valence-electron chi connectivity index (χ4n) is 3.09. The van der Waals surface area contributed by atoms with E-state index in [1.807, 2.05) is 20.0 Å². The van der Waals surface area contributed by atoms with Gasteiger partial charge in [-0.1, -0.05) is 11.6 Å². The average molecular weight is 350 g/mol. The highest BCUT2D eigenvalue weighted by Gasteiger charge is 2.18. The number of aryl methyl sites for hydroxylation is 2. The summed E-state index contributed by atoms with van der Waals surface area (Å²) in [6.45, 7) is 1.83. The number of nitriles is 1. The number of aromatic nitrogens is 4. The molecule has 0 fully saturated rings. The molecule has 0 aliphatic carbocycles. The summed E-state index contributed by atoms with van der Waals surface area (Å²) in [6.07, 6.45) is 3.26. The normalized spacial score (nSPS) is 11.1. The van der Waals surface area contributed by atoms with E-state index in [0.717, 1.165) is 5.39 Å². The van der Waals surface area contributed by atoms with Gasteiger partial charge in [0.1, 0.15) is 6.07 Å². The summed E-state index contributed by atoms with van der Waals surface area (Å²) in [7, 11) is 1.81. The molecule has 3 aromatic heterocycles. The van der Waals surface area contributed by atoms with Crippen LogP contribution in [-0.2, 0) is 7.05 Å². The fraction of sp³-hybridized carbons (Fsp3) is 0.111. The molecule has 0 unspecified atom stereocenters. The molecule has 0 saturated carbocycles. The monoisotopic (exact) mass is 349 g/mol. The number of pyridine rings is 2. The molecule has 0 radical (unpaired) electrons. The van der Waals surface area contributed by atoms with Crippen molar-refractivity contribution in [3.05, 3.63) is 63.4 Å². The summed E-state index contributed by atoms with van der Waals surface area (Å²) in [5.41, 5.74) is 3.09.